The van der Waals surface area contributed by atoms with E-state index in [1.165, 1.54) is 18.7 Å². The predicted octanol–water partition coefficient (Wildman–Crippen LogP) is 2.66. The molecule has 3 aromatic heterocycles. The Balaban J connectivity index is 1.31. The monoisotopic (exact) mass is 384 g/mol. The molecular formula is C18H24N8S. The second-order valence-corrected chi connectivity index (χ2v) is 8.44. The van der Waals surface area contributed by atoms with Crippen LogP contribution in [-0.2, 0) is 13.0 Å². The standard InChI is InChI=1S/C18H24N8S/c1-2-16-21-23-18(27-16)25-8-5-13(6-9-25)17-22-20-15(26(17)14-3-4-14)11-24-10-7-19-12-24/h7,10,12-14H,2-6,8-9,11H2,1H3. The van der Waals surface area contributed by atoms with Gasteiger partial charge < -0.3 is 14.0 Å². The number of anilines is 1. The minimum Gasteiger partial charge on any atom is -0.347 e. The molecule has 0 amide bonds. The fourth-order valence-electron chi connectivity index (χ4n) is 3.84. The summed E-state index contributed by atoms with van der Waals surface area (Å²) < 4.78 is 4.48. The molecule has 0 bridgehead atoms. The quantitative estimate of drug-likeness (QED) is 0.650. The number of rotatable bonds is 6. The highest BCUT2D eigenvalue weighted by molar-refractivity contribution is 7.15. The van der Waals surface area contributed by atoms with Crippen LogP contribution in [0.2, 0.25) is 0 Å². The summed E-state index contributed by atoms with van der Waals surface area (Å²) in [6, 6.07) is 0.585. The third kappa shape index (κ3) is 3.36. The molecule has 1 aliphatic carbocycles. The lowest BCUT2D eigenvalue weighted by Crippen LogP contribution is -2.33. The van der Waals surface area contributed by atoms with Crippen molar-refractivity contribution in [3.05, 3.63) is 35.4 Å². The van der Waals surface area contributed by atoms with Gasteiger partial charge in [0.1, 0.15) is 10.8 Å². The summed E-state index contributed by atoms with van der Waals surface area (Å²) in [5.74, 6) is 2.72. The molecule has 9 heteroatoms. The lowest BCUT2D eigenvalue weighted by Gasteiger charge is -2.31. The number of piperidine rings is 1. The van der Waals surface area contributed by atoms with Gasteiger partial charge in [0.25, 0.3) is 0 Å². The van der Waals surface area contributed by atoms with Crippen LogP contribution >= 0.6 is 11.3 Å². The average molecular weight is 385 g/mol. The molecule has 0 N–H and O–H groups in total. The summed E-state index contributed by atoms with van der Waals surface area (Å²) in [5.41, 5.74) is 0. The molecule has 4 heterocycles. The Bertz CT molecular complexity index is 887. The molecular weight excluding hydrogens is 360 g/mol. The molecule has 2 aliphatic rings. The van der Waals surface area contributed by atoms with E-state index in [2.05, 4.69) is 46.3 Å². The van der Waals surface area contributed by atoms with Gasteiger partial charge in [-0.2, -0.15) is 0 Å². The van der Waals surface area contributed by atoms with Crippen molar-refractivity contribution in [1.29, 1.82) is 0 Å². The molecule has 27 heavy (non-hydrogen) atoms. The number of aryl methyl sites for hydroxylation is 1. The van der Waals surface area contributed by atoms with Gasteiger partial charge in [0, 0.05) is 37.4 Å². The first-order valence-corrected chi connectivity index (χ1v) is 10.6. The molecule has 3 aromatic rings. The second-order valence-electron chi connectivity index (χ2n) is 7.40. The van der Waals surface area contributed by atoms with E-state index in [1.807, 2.05) is 18.7 Å². The molecule has 1 saturated heterocycles. The summed E-state index contributed by atoms with van der Waals surface area (Å²) >= 11 is 1.72. The molecule has 142 valence electrons. The first-order valence-electron chi connectivity index (χ1n) is 9.78. The number of imidazole rings is 1. The van der Waals surface area contributed by atoms with Crippen LogP contribution in [0.1, 0.15) is 61.2 Å². The van der Waals surface area contributed by atoms with Gasteiger partial charge >= 0.3 is 0 Å². The largest absolute Gasteiger partial charge is 0.347 e. The summed E-state index contributed by atoms with van der Waals surface area (Å²) in [6.07, 6.45) is 11.3. The van der Waals surface area contributed by atoms with Gasteiger partial charge in [0.05, 0.1) is 12.9 Å². The molecule has 1 aliphatic heterocycles. The normalized spacial score (nSPS) is 18.3. The van der Waals surface area contributed by atoms with Crippen molar-refractivity contribution >= 4 is 16.5 Å². The van der Waals surface area contributed by atoms with Gasteiger partial charge in [-0.1, -0.05) is 18.3 Å². The van der Waals surface area contributed by atoms with Gasteiger partial charge in [-0.05, 0) is 32.1 Å². The van der Waals surface area contributed by atoms with E-state index in [0.717, 1.165) is 54.9 Å². The smallest absolute Gasteiger partial charge is 0.208 e. The SMILES string of the molecule is CCc1nnc(N2CCC(c3nnc(Cn4ccnc4)n3C3CC3)CC2)s1. The van der Waals surface area contributed by atoms with Crippen LogP contribution in [0, 0.1) is 0 Å². The third-order valence-electron chi connectivity index (χ3n) is 5.48. The van der Waals surface area contributed by atoms with E-state index >= 15 is 0 Å². The van der Waals surface area contributed by atoms with Crippen molar-refractivity contribution in [2.75, 3.05) is 18.0 Å². The van der Waals surface area contributed by atoms with E-state index in [0.29, 0.717) is 12.0 Å². The summed E-state index contributed by atoms with van der Waals surface area (Å²) in [6.45, 7) is 4.89. The number of hydrogen-bond acceptors (Lipinski definition) is 7. The Hall–Kier alpha value is -2.29. The first kappa shape index (κ1) is 16.9. The summed E-state index contributed by atoms with van der Waals surface area (Å²) in [7, 11) is 0. The Labute approximate surface area is 162 Å². The molecule has 0 spiro atoms. The van der Waals surface area contributed by atoms with Crippen molar-refractivity contribution in [3.8, 4) is 0 Å². The molecule has 0 atom stereocenters. The maximum Gasteiger partial charge on any atom is 0.208 e. The van der Waals surface area contributed by atoms with Crippen molar-refractivity contribution in [2.24, 2.45) is 0 Å². The van der Waals surface area contributed by atoms with Crippen LogP contribution in [0.15, 0.2) is 18.7 Å². The highest BCUT2D eigenvalue weighted by Crippen LogP contribution is 2.40. The fourth-order valence-corrected chi connectivity index (χ4v) is 4.67. The highest BCUT2D eigenvalue weighted by atomic mass is 32.1. The van der Waals surface area contributed by atoms with Gasteiger partial charge in [-0.25, -0.2) is 4.98 Å². The number of nitrogens with zero attached hydrogens (tertiary/aromatic N) is 8. The van der Waals surface area contributed by atoms with E-state index < -0.39 is 0 Å². The second kappa shape index (κ2) is 7.03. The van der Waals surface area contributed by atoms with Crippen molar-refractivity contribution in [3.63, 3.8) is 0 Å². The zero-order chi connectivity index (χ0) is 18.2. The molecule has 0 aromatic carbocycles. The van der Waals surface area contributed by atoms with Gasteiger partial charge in [-0.3, -0.25) is 0 Å². The van der Waals surface area contributed by atoms with Crippen LogP contribution in [-0.4, -0.2) is 47.6 Å². The van der Waals surface area contributed by atoms with Gasteiger partial charge in [0.15, 0.2) is 5.82 Å². The predicted molar refractivity (Wildman–Crippen MR) is 103 cm³/mol. The van der Waals surface area contributed by atoms with Crippen LogP contribution in [0.4, 0.5) is 5.13 Å². The Morgan fingerprint density at radius 2 is 1.93 bits per heavy atom. The molecule has 5 rings (SSSR count). The Morgan fingerprint density at radius 1 is 1.07 bits per heavy atom. The van der Waals surface area contributed by atoms with Crippen molar-refractivity contribution in [2.45, 2.75) is 57.5 Å². The zero-order valence-corrected chi connectivity index (χ0v) is 16.3. The van der Waals surface area contributed by atoms with E-state index in [9.17, 15) is 0 Å². The lowest BCUT2D eigenvalue weighted by molar-refractivity contribution is 0.460. The van der Waals surface area contributed by atoms with Crippen LogP contribution in [0.3, 0.4) is 0 Å². The minimum absolute atomic E-state index is 0.476. The average Bonchev–Trinajstić information content (AvgIpc) is 3.12. The number of hydrogen-bond donors (Lipinski definition) is 0. The summed E-state index contributed by atoms with van der Waals surface area (Å²) in [4.78, 5) is 6.51. The first-order chi connectivity index (χ1) is 13.3. The Kier molecular flexibility index (Phi) is 4.39. The molecule has 0 unspecified atom stereocenters. The van der Waals surface area contributed by atoms with Crippen molar-refractivity contribution in [1.82, 2.24) is 34.5 Å². The Morgan fingerprint density at radius 3 is 2.59 bits per heavy atom. The van der Waals surface area contributed by atoms with Crippen LogP contribution in [0.5, 0.6) is 0 Å². The van der Waals surface area contributed by atoms with E-state index in [4.69, 9.17) is 0 Å². The fraction of sp³-hybridized carbons (Fsp3) is 0.611. The van der Waals surface area contributed by atoms with E-state index in [1.54, 1.807) is 11.3 Å². The maximum absolute atomic E-state index is 4.63. The molecule has 0 radical (unpaired) electrons. The maximum atomic E-state index is 4.63. The van der Waals surface area contributed by atoms with Gasteiger partial charge in [0.2, 0.25) is 5.13 Å². The number of aromatic nitrogens is 7. The third-order valence-corrected chi connectivity index (χ3v) is 6.61. The molecule has 8 nitrogen and oxygen atoms in total. The van der Waals surface area contributed by atoms with Crippen LogP contribution in [0.25, 0.3) is 0 Å². The minimum atomic E-state index is 0.476. The van der Waals surface area contributed by atoms with Crippen LogP contribution < -0.4 is 4.90 Å². The highest BCUT2D eigenvalue weighted by Gasteiger charge is 2.34. The molecule has 2 fully saturated rings. The summed E-state index contributed by atoms with van der Waals surface area (Å²) in [5, 5.41) is 20.0. The van der Waals surface area contributed by atoms with Crippen molar-refractivity contribution < 1.29 is 0 Å². The zero-order valence-electron chi connectivity index (χ0n) is 15.5. The topological polar surface area (TPSA) is 77.6 Å². The van der Waals surface area contributed by atoms with Gasteiger partial charge in [-0.15, -0.1) is 20.4 Å². The molecule has 1 saturated carbocycles. The lowest BCUT2D eigenvalue weighted by atomic mass is 9.96. The van der Waals surface area contributed by atoms with E-state index in [-0.39, 0.29) is 0 Å².